The van der Waals surface area contributed by atoms with Crippen LogP contribution in [-0.2, 0) is 0 Å². The minimum Gasteiger partial charge on any atom is -0.370 e. The quantitative estimate of drug-likeness (QED) is 0.391. The second-order valence-corrected chi connectivity index (χ2v) is 5.19. The summed E-state index contributed by atoms with van der Waals surface area (Å²) in [6.07, 6.45) is 0. The normalized spacial score (nSPS) is 12.2. The van der Waals surface area contributed by atoms with Gasteiger partial charge < -0.3 is 22.9 Å². The number of benzene rings is 2. The maximum absolute atomic E-state index is 12.8. The summed E-state index contributed by atoms with van der Waals surface area (Å²) in [5.41, 5.74) is 23.2. The number of carbonyl (C=O) groups excluding carboxylic acids is 2. The second kappa shape index (κ2) is 5.51. The Balaban J connectivity index is 2.16. The Morgan fingerprint density at radius 3 is 1.38 bits per heavy atom. The first-order chi connectivity index (χ1) is 11.4. The molecule has 3 rings (SSSR count). The van der Waals surface area contributed by atoms with Crippen molar-refractivity contribution in [2.24, 2.45) is 32.9 Å². The van der Waals surface area contributed by atoms with Gasteiger partial charge in [-0.2, -0.15) is 0 Å². The standard InChI is InChI=1S/C16H14N6O2/c17-15(18)21-7-1-3-9-11(5-7)14(24)12-6-8(22-16(19)20)2-4-10(12)13(9)23/h1-6H,(H4,17,18,21)(H4,19,20,22). The maximum atomic E-state index is 12.8. The van der Waals surface area contributed by atoms with E-state index >= 15 is 0 Å². The molecule has 0 bridgehead atoms. The van der Waals surface area contributed by atoms with Gasteiger partial charge in [-0.05, 0) is 36.4 Å². The van der Waals surface area contributed by atoms with Crippen molar-refractivity contribution in [2.45, 2.75) is 0 Å². The summed E-state index contributed by atoms with van der Waals surface area (Å²) in [4.78, 5) is 33.1. The van der Waals surface area contributed by atoms with Crippen LogP contribution in [0.1, 0.15) is 31.8 Å². The van der Waals surface area contributed by atoms with E-state index in [0.29, 0.717) is 22.5 Å². The van der Waals surface area contributed by atoms with E-state index < -0.39 is 0 Å². The van der Waals surface area contributed by atoms with Crippen molar-refractivity contribution in [2.75, 3.05) is 0 Å². The number of aliphatic imine (C=N–C) groups is 2. The highest BCUT2D eigenvalue weighted by atomic mass is 16.1. The molecule has 8 heteroatoms. The van der Waals surface area contributed by atoms with Crippen molar-refractivity contribution >= 4 is 34.9 Å². The zero-order chi connectivity index (χ0) is 17.4. The van der Waals surface area contributed by atoms with E-state index in [2.05, 4.69) is 9.98 Å². The summed E-state index contributed by atoms with van der Waals surface area (Å²) < 4.78 is 0. The molecule has 0 atom stereocenters. The van der Waals surface area contributed by atoms with Gasteiger partial charge in [-0.15, -0.1) is 0 Å². The van der Waals surface area contributed by atoms with Gasteiger partial charge >= 0.3 is 0 Å². The second-order valence-electron chi connectivity index (χ2n) is 5.19. The number of nitrogens with zero attached hydrogens (tertiary/aromatic N) is 2. The van der Waals surface area contributed by atoms with Crippen LogP contribution in [0.3, 0.4) is 0 Å². The highest BCUT2D eigenvalue weighted by Crippen LogP contribution is 2.32. The zero-order valence-corrected chi connectivity index (χ0v) is 12.5. The Bertz CT molecular complexity index is 864. The Kier molecular flexibility index (Phi) is 3.49. The molecule has 24 heavy (non-hydrogen) atoms. The van der Waals surface area contributed by atoms with Crippen LogP contribution in [0.2, 0.25) is 0 Å². The molecule has 0 aromatic heterocycles. The first-order valence-electron chi connectivity index (χ1n) is 6.93. The van der Waals surface area contributed by atoms with Gasteiger partial charge in [-0.25, -0.2) is 9.98 Å². The third-order valence-electron chi connectivity index (χ3n) is 3.50. The molecule has 0 unspecified atom stereocenters. The summed E-state index contributed by atoms with van der Waals surface area (Å²) >= 11 is 0. The van der Waals surface area contributed by atoms with Gasteiger partial charge in [0.2, 0.25) is 0 Å². The first-order valence-corrected chi connectivity index (χ1v) is 6.93. The Labute approximate surface area is 136 Å². The average Bonchev–Trinajstić information content (AvgIpc) is 2.51. The number of hydrogen-bond acceptors (Lipinski definition) is 4. The van der Waals surface area contributed by atoms with E-state index in [0.717, 1.165) is 0 Å². The van der Waals surface area contributed by atoms with Gasteiger partial charge in [0, 0.05) is 22.3 Å². The predicted octanol–water partition coefficient (Wildman–Crippen LogP) is 0.272. The number of rotatable bonds is 2. The van der Waals surface area contributed by atoms with E-state index in [-0.39, 0.29) is 34.6 Å². The monoisotopic (exact) mass is 322 g/mol. The van der Waals surface area contributed by atoms with Gasteiger partial charge in [0.25, 0.3) is 0 Å². The van der Waals surface area contributed by atoms with E-state index in [4.69, 9.17) is 22.9 Å². The van der Waals surface area contributed by atoms with Crippen LogP contribution in [0.15, 0.2) is 46.4 Å². The molecule has 0 radical (unpaired) electrons. The molecular weight excluding hydrogens is 308 g/mol. The molecule has 0 amide bonds. The molecule has 0 spiro atoms. The third kappa shape index (κ3) is 2.56. The first kappa shape index (κ1) is 15.2. The van der Waals surface area contributed by atoms with E-state index in [1.165, 1.54) is 24.3 Å². The fourth-order valence-corrected chi connectivity index (χ4v) is 2.56. The Hall–Kier alpha value is -3.68. The Morgan fingerprint density at radius 2 is 1.00 bits per heavy atom. The molecule has 8 nitrogen and oxygen atoms in total. The molecule has 0 saturated carbocycles. The lowest BCUT2D eigenvalue weighted by molar-refractivity contribution is 0.0979. The van der Waals surface area contributed by atoms with Crippen LogP contribution in [0, 0.1) is 0 Å². The van der Waals surface area contributed by atoms with Crippen molar-refractivity contribution in [1.29, 1.82) is 0 Å². The summed E-state index contributed by atoms with van der Waals surface area (Å²) in [5, 5.41) is 0. The maximum Gasteiger partial charge on any atom is 0.194 e. The lowest BCUT2D eigenvalue weighted by atomic mass is 9.83. The highest BCUT2D eigenvalue weighted by molar-refractivity contribution is 6.28. The Morgan fingerprint density at radius 1 is 0.625 bits per heavy atom. The summed E-state index contributed by atoms with van der Waals surface area (Å²) in [6, 6.07) is 9.16. The summed E-state index contributed by atoms with van der Waals surface area (Å²) in [7, 11) is 0. The number of guanidine groups is 2. The molecule has 2 aromatic rings. The molecule has 120 valence electrons. The summed E-state index contributed by atoms with van der Waals surface area (Å²) in [6.45, 7) is 0. The molecule has 1 aliphatic rings. The minimum absolute atomic E-state index is 0.139. The van der Waals surface area contributed by atoms with Gasteiger partial charge in [-0.3, -0.25) is 9.59 Å². The molecule has 0 saturated heterocycles. The topological polar surface area (TPSA) is 163 Å². The number of fused-ring (bicyclic) bond motifs is 2. The van der Waals surface area contributed by atoms with Crippen LogP contribution in [0.5, 0.6) is 0 Å². The van der Waals surface area contributed by atoms with Crippen molar-refractivity contribution < 1.29 is 9.59 Å². The highest BCUT2D eigenvalue weighted by Gasteiger charge is 2.30. The smallest absolute Gasteiger partial charge is 0.194 e. The van der Waals surface area contributed by atoms with Crippen molar-refractivity contribution in [3.63, 3.8) is 0 Å². The molecule has 0 heterocycles. The lowest BCUT2D eigenvalue weighted by Crippen LogP contribution is -2.23. The lowest BCUT2D eigenvalue weighted by Gasteiger charge is -2.18. The van der Waals surface area contributed by atoms with Crippen LogP contribution < -0.4 is 22.9 Å². The average molecular weight is 322 g/mol. The fourth-order valence-electron chi connectivity index (χ4n) is 2.56. The van der Waals surface area contributed by atoms with E-state index in [1.807, 2.05) is 0 Å². The van der Waals surface area contributed by atoms with Crippen molar-refractivity contribution in [3.05, 3.63) is 58.7 Å². The predicted molar refractivity (Wildman–Crippen MR) is 90.7 cm³/mol. The fraction of sp³-hybridized carbons (Fsp3) is 0. The van der Waals surface area contributed by atoms with Crippen LogP contribution in [-0.4, -0.2) is 23.5 Å². The number of ketones is 2. The van der Waals surface area contributed by atoms with Gasteiger partial charge in [-0.1, -0.05) is 0 Å². The molecular formula is C16H14N6O2. The molecule has 0 fully saturated rings. The molecule has 8 N–H and O–H groups in total. The molecule has 1 aliphatic carbocycles. The summed E-state index contributed by atoms with van der Waals surface area (Å²) in [5.74, 6) is -0.855. The molecule has 2 aromatic carbocycles. The van der Waals surface area contributed by atoms with Crippen LogP contribution in [0.25, 0.3) is 0 Å². The van der Waals surface area contributed by atoms with E-state index in [1.54, 1.807) is 12.1 Å². The third-order valence-corrected chi connectivity index (χ3v) is 3.50. The number of carbonyl (C=O) groups is 2. The van der Waals surface area contributed by atoms with Gasteiger partial charge in [0.05, 0.1) is 11.4 Å². The zero-order valence-electron chi connectivity index (χ0n) is 12.5. The van der Waals surface area contributed by atoms with Gasteiger partial charge in [0.1, 0.15) is 0 Å². The number of nitrogens with two attached hydrogens (primary N) is 4. The van der Waals surface area contributed by atoms with Crippen LogP contribution in [0.4, 0.5) is 11.4 Å². The van der Waals surface area contributed by atoms with Crippen LogP contribution >= 0.6 is 0 Å². The minimum atomic E-state index is -0.320. The molecule has 0 aliphatic heterocycles. The largest absolute Gasteiger partial charge is 0.370 e. The van der Waals surface area contributed by atoms with Crippen molar-refractivity contribution in [1.82, 2.24) is 0 Å². The SMILES string of the molecule is NC(N)=Nc1ccc2c(c1)C(=O)c1cc(N=C(N)N)ccc1C2=O. The number of hydrogen-bond donors (Lipinski definition) is 4. The van der Waals surface area contributed by atoms with Gasteiger partial charge in [0.15, 0.2) is 23.5 Å². The van der Waals surface area contributed by atoms with Crippen molar-refractivity contribution in [3.8, 4) is 0 Å². The van der Waals surface area contributed by atoms with E-state index in [9.17, 15) is 9.59 Å².